The fraction of sp³-hybridized carbons (Fsp3) is 0.607. The number of rotatable bonds is 8. The van der Waals surface area contributed by atoms with Crippen molar-refractivity contribution in [2.75, 3.05) is 33.2 Å². The Labute approximate surface area is 195 Å². The predicted molar refractivity (Wildman–Crippen MR) is 133 cm³/mol. The number of hydrogen-bond donors (Lipinski definition) is 0. The molecule has 1 aliphatic rings. The van der Waals surface area contributed by atoms with Crippen molar-refractivity contribution in [1.82, 2.24) is 9.80 Å². The van der Waals surface area contributed by atoms with Crippen LogP contribution in [0.25, 0.3) is 0 Å². The van der Waals surface area contributed by atoms with Crippen LogP contribution in [0.15, 0.2) is 28.7 Å². The van der Waals surface area contributed by atoms with Crippen molar-refractivity contribution in [3.8, 4) is 0 Å². The predicted octanol–water partition coefficient (Wildman–Crippen LogP) is 5.94. The quantitative estimate of drug-likeness (QED) is 0.512. The number of aryl methyl sites for hydroxylation is 1. The topological polar surface area (TPSA) is 36.7 Å². The summed E-state index contributed by atoms with van der Waals surface area (Å²) in [4.78, 5) is 16.9. The van der Waals surface area contributed by atoms with Crippen LogP contribution in [0, 0.1) is 6.92 Å². The van der Waals surface area contributed by atoms with Crippen LogP contribution in [0.3, 0.4) is 0 Å². The molecule has 176 valence electrons. The van der Waals surface area contributed by atoms with E-state index < -0.39 is 0 Å². The number of likely N-dealkylation sites (N-methyl/N-ethyl adjacent to an activating group) is 2. The Hall–Kier alpha value is -2.07. The second-order valence-corrected chi connectivity index (χ2v) is 10.8. The molecule has 0 radical (unpaired) electrons. The normalized spacial score (nSPS) is 16.8. The first kappa shape index (κ1) is 24.6. The van der Waals surface area contributed by atoms with Crippen molar-refractivity contribution in [2.24, 2.45) is 0 Å². The summed E-state index contributed by atoms with van der Waals surface area (Å²) in [5, 5.41) is 0. The first-order valence-electron chi connectivity index (χ1n) is 12.2. The molecule has 0 atom stereocenters. The molecule has 0 saturated heterocycles. The molecule has 2 aromatic rings. The number of benzene rings is 1. The van der Waals surface area contributed by atoms with Gasteiger partial charge in [-0.1, -0.05) is 53.7 Å². The zero-order valence-electron chi connectivity index (χ0n) is 21.5. The van der Waals surface area contributed by atoms with Crippen LogP contribution in [0.1, 0.15) is 93.0 Å². The van der Waals surface area contributed by atoms with Gasteiger partial charge in [0.15, 0.2) is 5.76 Å². The molecule has 3 rings (SSSR count). The Morgan fingerprint density at radius 1 is 0.969 bits per heavy atom. The van der Waals surface area contributed by atoms with E-state index in [4.69, 9.17) is 4.42 Å². The lowest BCUT2D eigenvalue weighted by Crippen LogP contribution is -2.36. The zero-order valence-corrected chi connectivity index (χ0v) is 21.5. The van der Waals surface area contributed by atoms with Gasteiger partial charge in [-0.15, -0.1) is 0 Å². The highest BCUT2D eigenvalue weighted by atomic mass is 16.4. The van der Waals surface area contributed by atoms with E-state index in [2.05, 4.69) is 65.5 Å². The van der Waals surface area contributed by atoms with E-state index in [1.165, 1.54) is 35.1 Å². The van der Waals surface area contributed by atoms with Crippen molar-refractivity contribution in [2.45, 2.75) is 78.6 Å². The maximum Gasteiger partial charge on any atom is 0.289 e. The highest BCUT2D eigenvalue weighted by molar-refractivity contribution is 5.91. The summed E-state index contributed by atoms with van der Waals surface area (Å²) >= 11 is 0. The number of furan rings is 1. The van der Waals surface area contributed by atoms with E-state index in [1.54, 1.807) is 4.90 Å². The van der Waals surface area contributed by atoms with Gasteiger partial charge in [0, 0.05) is 26.6 Å². The average Bonchev–Trinajstić information content (AvgIpc) is 3.21. The van der Waals surface area contributed by atoms with E-state index in [0.29, 0.717) is 18.7 Å². The van der Waals surface area contributed by atoms with E-state index in [0.717, 1.165) is 25.4 Å². The third-order valence-corrected chi connectivity index (χ3v) is 7.54. The van der Waals surface area contributed by atoms with Crippen molar-refractivity contribution in [3.05, 3.63) is 58.0 Å². The SMILES string of the molecule is CCN(CC)CCN(C)C(=O)c1ccc(Cc2cc3c(cc2C)C(C)(C)CCC3(C)C)o1. The largest absolute Gasteiger partial charge is 0.456 e. The lowest BCUT2D eigenvalue weighted by atomic mass is 9.62. The van der Waals surface area contributed by atoms with Crippen molar-refractivity contribution in [1.29, 1.82) is 0 Å². The van der Waals surface area contributed by atoms with Crippen LogP contribution in [0.5, 0.6) is 0 Å². The summed E-state index contributed by atoms with van der Waals surface area (Å²) in [7, 11) is 1.85. The molecule has 1 aliphatic carbocycles. The number of carbonyl (C=O) groups is 1. The van der Waals surface area contributed by atoms with Crippen LogP contribution < -0.4 is 0 Å². The summed E-state index contributed by atoms with van der Waals surface area (Å²) < 4.78 is 6.02. The fourth-order valence-corrected chi connectivity index (χ4v) is 4.85. The molecule has 1 aromatic heterocycles. The van der Waals surface area contributed by atoms with Gasteiger partial charge in [-0.25, -0.2) is 0 Å². The van der Waals surface area contributed by atoms with E-state index >= 15 is 0 Å². The summed E-state index contributed by atoms with van der Waals surface area (Å²) in [6.07, 6.45) is 3.14. The second kappa shape index (κ2) is 9.43. The molecule has 0 saturated carbocycles. The van der Waals surface area contributed by atoms with Crippen LogP contribution in [0.4, 0.5) is 0 Å². The smallest absolute Gasteiger partial charge is 0.289 e. The van der Waals surface area contributed by atoms with Crippen LogP contribution in [-0.4, -0.2) is 48.9 Å². The molecule has 32 heavy (non-hydrogen) atoms. The highest BCUT2D eigenvalue weighted by Gasteiger charge is 2.37. The molecule has 1 heterocycles. The molecule has 0 bridgehead atoms. The van der Waals surface area contributed by atoms with Gasteiger partial charge in [-0.3, -0.25) is 4.79 Å². The van der Waals surface area contributed by atoms with Gasteiger partial charge in [-0.2, -0.15) is 0 Å². The molecule has 0 spiro atoms. The Bertz CT molecular complexity index is 950. The molecule has 0 N–H and O–H groups in total. The standard InChI is InChI=1S/C28H42N2O2/c1-9-30(10-2)16-15-29(8)26(31)25-12-11-22(32-25)18-21-19-24-23(17-20(21)3)27(4,5)13-14-28(24,6)7/h11-12,17,19H,9-10,13-16,18H2,1-8H3. The van der Waals surface area contributed by atoms with Gasteiger partial charge in [0.05, 0.1) is 0 Å². The van der Waals surface area contributed by atoms with Gasteiger partial charge in [-0.05, 0) is 78.1 Å². The van der Waals surface area contributed by atoms with E-state index in [9.17, 15) is 4.79 Å². The monoisotopic (exact) mass is 438 g/mol. The van der Waals surface area contributed by atoms with Crippen molar-refractivity contribution < 1.29 is 9.21 Å². The molecular formula is C28H42N2O2. The molecule has 0 aliphatic heterocycles. The van der Waals surface area contributed by atoms with E-state index in [1.807, 2.05) is 19.2 Å². The third-order valence-electron chi connectivity index (χ3n) is 7.54. The fourth-order valence-electron chi connectivity index (χ4n) is 4.85. The molecule has 4 nitrogen and oxygen atoms in total. The molecule has 4 heteroatoms. The van der Waals surface area contributed by atoms with Crippen LogP contribution in [0.2, 0.25) is 0 Å². The average molecular weight is 439 g/mol. The number of amides is 1. The minimum atomic E-state index is -0.0477. The molecule has 0 unspecified atom stereocenters. The number of hydrogen-bond acceptors (Lipinski definition) is 3. The van der Waals surface area contributed by atoms with Gasteiger partial charge in [0.2, 0.25) is 0 Å². The molecule has 0 fully saturated rings. The van der Waals surface area contributed by atoms with Gasteiger partial charge >= 0.3 is 0 Å². The highest BCUT2D eigenvalue weighted by Crippen LogP contribution is 2.46. The van der Waals surface area contributed by atoms with Crippen LogP contribution >= 0.6 is 0 Å². The number of carbonyl (C=O) groups excluding carboxylic acids is 1. The number of fused-ring (bicyclic) bond motifs is 1. The third kappa shape index (κ3) is 5.11. The second-order valence-electron chi connectivity index (χ2n) is 10.8. The van der Waals surface area contributed by atoms with Crippen molar-refractivity contribution in [3.63, 3.8) is 0 Å². The first-order valence-corrected chi connectivity index (χ1v) is 12.2. The minimum absolute atomic E-state index is 0.0477. The maximum absolute atomic E-state index is 12.8. The summed E-state index contributed by atoms with van der Waals surface area (Å²) in [6.45, 7) is 19.5. The van der Waals surface area contributed by atoms with Gasteiger partial charge in [0.25, 0.3) is 5.91 Å². The van der Waals surface area contributed by atoms with Crippen LogP contribution in [-0.2, 0) is 17.3 Å². The van der Waals surface area contributed by atoms with E-state index in [-0.39, 0.29) is 16.7 Å². The van der Waals surface area contributed by atoms with Crippen molar-refractivity contribution >= 4 is 5.91 Å². The Morgan fingerprint density at radius 2 is 1.56 bits per heavy atom. The lowest BCUT2D eigenvalue weighted by molar-refractivity contribution is 0.0746. The number of nitrogens with zero attached hydrogens (tertiary/aromatic N) is 2. The zero-order chi connectivity index (χ0) is 23.7. The van der Waals surface area contributed by atoms with Gasteiger partial charge < -0.3 is 14.2 Å². The molecule has 1 amide bonds. The summed E-state index contributed by atoms with van der Waals surface area (Å²) in [5.74, 6) is 1.23. The molecule has 1 aromatic carbocycles. The molecular weight excluding hydrogens is 396 g/mol. The summed E-state index contributed by atoms with van der Waals surface area (Å²) in [5.41, 5.74) is 5.95. The first-order chi connectivity index (χ1) is 15.0. The summed E-state index contributed by atoms with van der Waals surface area (Å²) in [6, 6.07) is 8.57. The lowest BCUT2D eigenvalue weighted by Gasteiger charge is -2.42. The Balaban J connectivity index is 1.76. The Morgan fingerprint density at radius 3 is 2.16 bits per heavy atom. The maximum atomic E-state index is 12.8. The Kier molecular flexibility index (Phi) is 7.24. The minimum Gasteiger partial charge on any atom is -0.456 e. The van der Waals surface area contributed by atoms with Gasteiger partial charge in [0.1, 0.15) is 5.76 Å².